The van der Waals surface area contributed by atoms with Crippen molar-refractivity contribution in [3.63, 3.8) is 0 Å². The zero-order valence-corrected chi connectivity index (χ0v) is 25.5. The summed E-state index contributed by atoms with van der Waals surface area (Å²) in [4.78, 5) is 22.1. The second-order valence-electron chi connectivity index (χ2n) is 10.6. The van der Waals surface area contributed by atoms with Gasteiger partial charge < -0.3 is 10.6 Å². The number of carbonyl (C=O) groups excluding carboxylic acids is 1. The molecule has 1 amide bonds. The van der Waals surface area contributed by atoms with E-state index in [-0.39, 0.29) is 15.4 Å². The monoisotopic (exact) mass is 619 g/mol. The molecule has 224 valence electrons. The maximum absolute atomic E-state index is 12.7. The van der Waals surface area contributed by atoms with E-state index in [2.05, 4.69) is 19.5 Å². The average molecular weight is 620 g/mol. The number of aryl methyl sites for hydroxylation is 1. The van der Waals surface area contributed by atoms with Gasteiger partial charge in [-0.15, -0.1) is 0 Å². The van der Waals surface area contributed by atoms with Crippen molar-refractivity contribution < 1.29 is 21.6 Å². The van der Waals surface area contributed by atoms with Gasteiger partial charge in [-0.05, 0) is 78.7 Å². The van der Waals surface area contributed by atoms with Crippen LogP contribution in [0, 0.1) is 6.92 Å². The molecule has 1 saturated heterocycles. The third kappa shape index (κ3) is 7.04. The lowest BCUT2D eigenvalue weighted by Gasteiger charge is -2.36. The molecule has 0 unspecified atom stereocenters. The van der Waals surface area contributed by atoms with E-state index in [1.165, 1.54) is 24.5 Å². The Morgan fingerprint density at radius 2 is 1.53 bits per heavy atom. The number of amides is 1. The smallest absolute Gasteiger partial charge is 0.264 e. The summed E-state index contributed by atoms with van der Waals surface area (Å²) in [6.45, 7) is 5.57. The molecule has 10 nitrogen and oxygen atoms in total. The molecule has 1 fully saturated rings. The highest BCUT2D eigenvalue weighted by Crippen LogP contribution is 2.25. The molecule has 0 bridgehead atoms. The molecule has 3 N–H and O–H groups in total. The van der Waals surface area contributed by atoms with E-state index in [0.717, 1.165) is 48.7 Å². The molecule has 0 radical (unpaired) electrons. The van der Waals surface area contributed by atoms with Gasteiger partial charge in [0.05, 0.1) is 15.5 Å². The molecule has 5 rings (SSSR count). The number of benzene rings is 3. The zero-order chi connectivity index (χ0) is 30.8. The molecule has 12 heteroatoms. The van der Waals surface area contributed by atoms with E-state index in [4.69, 9.17) is 5.73 Å². The Morgan fingerprint density at radius 3 is 2.16 bits per heavy atom. The van der Waals surface area contributed by atoms with Crippen LogP contribution in [0.5, 0.6) is 0 Å². The van der Waals surface area contributed by atoms with E-state index in [9.17, 15) is 21.6 Å². The van der Waals surface area contributed by atoms with Crippen molar-refractivity contribution >= 4 is 37.1 Å². The second-order valence-corrected chi connectivity index (χ2v) is 14.3. The summed E-state index contributed by atoms with van der Waals surface area (Å²) in [6, 6.07) is 21.9. The SMILES string of the molecule is Cc1cc(S(=O)(=O)NC(=O)c2ccc(N3CCN(Cc4cccnc4-c4ccc(S(C)(=O)=O)cc4)CC3)cc2)ccc1N. The van der Waals surface area contributed by atoms with E-state index in [0.29, 0.717) is 17.8 Å². The minimum absolute atomic E-state index is 0.0229. The van der Waals surface area contributed by atoms with Gasteiger partial charge in [-0.3, -0.25) is 14.7 Å². The Hall–Kier alpha value is -4.26. The number of hydrogen-bond donors (Lipinski definition) is 2. The van der Waals surface area contributed by atoms with Crippen LogP contribution in [-0.4, -0.2) is 65.1 Å². The fraction of sp³-hybridized carbons (Fsp3) is 0.226. The molecule has 4 aromatic rings. The summed E-state index contributed by atoms with van der Waals surface area (Å²) >= 11 is 0. The zero-order valence-electron chi connectivity index (χ0n) is 23.9. The first-order valence-corrected chi connectivity index (χ1v) is 17.0. The third-order valence-electron chi connectivity index (χ3n) is 7.49. The van der Waals surface area contributed by atoms with Gasteiger partial charge in [0.25, 0.3) is 15.9 Å². The number of nitrogens with zero attached hydrogens (tertiary/aromatic N) is 3. The van der Waals surface area contributed by atoms with Gasteiger partial charge in [-0.25, -0.2) is 21.6 Å². The first-order valence-electron chi connectivity index (χ1n) is 13.7. The number of pyridine rings is 1. The summed E-state index contributed by atoms with van der Waals surface area (Å²) < 4.78 is 51.2. The van der Waals surface area contributed by atoms with Crippen LogP contribution in [0.1, 0.15) is 21.5 Å². The summed E-state index contributed by atoms with van der Waals surface area (Å²) in [6.07, 6.45) is 2.93. The minimum atomic E-state index is -4.04. The number of rotatable bonds is 8. The van der Waals surface area contributed by atoms with Gasteiger partial charge >= 0.3 is 0 Å². The van der Waals surface area contributed by atoms with E-state index >= 15 is 0 Å². The number of nitrogen functional groups attached to an aromatic ring is 1. The molecule has 43 heavy (non-hydrogen) atoms. The van der Waals surface area contributed by atoms with Crippen molar-refractivity contribution in [1.82, 2.24) is 14.6 Å². The number of sulfone groups is 1. The number of anilines is 2. The molecule has 3 aromatic carbocycles. The number of carbonyl (C=O) groups is 1. The topological polar surface area (TPSA) is 143 Å². The lowest BCUT2D eigenvalue weighted by Crippen LogP contribution is -2.46. The minimum Gasteiger partial charge on any atom is -0.399 e. The van der Waals surface area contributed by atoms with Crippen LogP contribution >= 0.6 is 0 Å². The molecular formula is C31H33N5O5S2. The molecule has 0 spiro atoms. The second kappa shape index (κ2) is 12.2. The van der Waals surface area contributed by atoms with Crippen LogP contribution in [0.15, 0.2) is 94.9 Å². The van der Waals surface area contributed by atoms with Crippen molar-refractivity contribution in [3.8, 4) is 11.3 Å². The highest BCUT2D eigenvalue weighted by Gasteiger charge is 2.22. The maximum Gasteiger partial charge on any atom is 0.264 e. The van der Waals surface area contributed by atoms with Crippen LogP contribution in [0.25, 0.3) is 11.3 Å². The van der Waals surface area contributed by atoms with Crippen LogP contribution in [0.2, 0.25) is 0 Å². The van der Waals surface area contributed by atoms with Crippen molar-refractivity contribution in [2.45, 2.75) is 23.3 Å². The maximum atomic E-state index is 12.7. The average Bonchev–Trinajstić information content (AvgIpc) is 2.99. The van der Waals surface area contributed by atoms with E-state index in [1.54, 1.807) is 49.5 Å². The number of sulfonamides is 1. The molecule has 0 saturated carbocycles. The Balaban J connectivity index is 1.19. The summed E-state index contributed by atoms with van der Waals surface area (Å²) in [5.41, 5.74) is 10.8. The molecule has 1 aromatic heterocycles. The predicted molar refractivity (Wildman–Crippen MR) is 167 cm³/mol. The number of nitrogens with two attached hydrogens (primary N) is 1. The Labute approximate surface area is 252 Å². The third-order valence-corrected chi connectivity index (χ3v) is 9.94. The normalized spacial score (nSPS) is 14.4. The van der Waals surface area contributed by atoms with Gasteiger partial charge in [0.2, 0.25) is 0 Å². The van der Waals surface area contributed by atoms with Crippen molar-refractivity contribution in [2.24, 2.45) is 0 Å². The van der Waals surface area contributed by atoms with Crippen LogP contribution < -0.4 is 15.4 Å². The number of piperazine rings is 1. The fourth-order valence-corrected chi connectivity index (χ4v) is 6.66. The Morgan fingerprint density at radius 1 is 0.884 bits per heavy atom. The van der Waals surface area contributed by atoms with Gasteiger partial charge in [-0.2, -0.15) is 0 Å². The van der Waals surface area contributed by atoms with Crippen LogP contribution in [-0.2, 0) is 26.4 Å². The standard InChI is InChI=1S/C31H33N5O5S2/c1-22-20-28(13-14-29(22)32)43(40,41)34-31(37)24-5-9-26(10-6-24)36-18-16-35(17-19-36)21-25-4-3-15-33-30(25)23-7-11-27(12-8-23)42(2,38)39/h3-15,20H,16-19,21,32H2,1-2H3,(H,34,37). The molecule has 1 aliphatic rings. The summed E-state index contributed by atoms with van der Waals surface area (Å²) in [5, 5.41) is 0. The van der Waals surface area contributed by atoms with Crippen molar-refractivity contribution in [2.75, 3.05) is 43.1 Å². The van der Waals surface area contributed by atoms with Gasteiger partial charge in [0, 0.05) is 67.7 Å². The summed E-state index contributed by atoms with van der Waals surface area (Å²) in [5.74, 6) is -0.705. The van der Waals surface area contributed by atoms with E-state index < -0.39 is 25.8 Å². The predicted octanol–water partition coefficient (Wildman–Crippen LogP) is 3.48. The number of hydrogen-bond acceptors (Lipinski definition) is 9. The van der Waals surface area contributed by atoms with Crippen LogP contribution in [0.4, 0.5) is 11.4 Å². The quantitative estimate of drug-likeness (QED) is 0.283. The molecule has 0 atom stereocenters. The lowest BCUT2D eigenvalue weighted by atomic mass is 10.1. The fourth-order valence-electron chi connectivity index (χ4n) is 4.97. The highest BCUT2D eigenvalue weighted by molar-refractivity contribution is 7.90. The number of aromatic nitrogens is 1. The molecule has 2 heterocycles. The first kappa shape index (κ1) is 30.2. The van der Waals surface area contributed by atoms with Gasteiger partial charge in [0.1, 0.15) is 0 Å². The molecular weight excluding hydrogens is 587 g/mol. The lowest BCUT2D eigenvalue weighted by molar-refractivity contribution is 0.0981. The Kier molecular flexibility index (Phi) is 8.54. The highest BCUT2D eigenvalue weighted by atomic mass is 32.2. The van der Waals surface area contributed by atoms with Gasteiger partial charge in [0.15, 0.2) is 9.84 Å². The molecule has 1 aliphatic heterocycles. The Bertz CT molecular complexity index is 1850. The van der Waals surface area contributed by atoms with E-state index in [1.807, 2.05) is 24.3 Å². The van der Waals surface area contributed by atoms with Crippen LogP contribution in [0.3, 0.4) is 0 Å². The van der Waals surface area contributed by atoms with Crippen molar-refractivity contribution in [3.05, 3.63) is 102 Å². The first-order chi connectivity index (χ1) is 20.4. The largest absolute Gasteiger partial charge is 0.399 e. The molecule has 0 aliphatic carbocycles. The summed E-state index contributed by atoms with van der Waals surface area (Å²) in [7, 11) is -7.31. The number of nitrogens with one attached hydrogen (secondary N) is 1. The van der Waals surface area contributed by atoms with Crippen molar-refractivity contribution in [1.29, 1.82) is 0 Å². The van der Waals surface area contributed by atoms with Gasteiger partial charge in [-0.1, -0.05) is 18.2 Å².